The Balaban J connectivity index is 2.79. The van der Waals surface area contributed by atoms with Crippen molar-refractivity contribution in [2.75, 3.05) is 5.75 Å². The fraction of sp³-hybridized carbons (Fsp3) is 0.600. The quantitative estimate of drug-likeness (QED) is 0.749. The molecule has 0 fully saturated rings. The van der Waals surface area contributed by atoms with Gasteiger partial charge in [0.1, 0.15) is 5.82 Å². The van der Waals surface area contributed by atoms with Crippen LogP contribution in [0.25, 0.3) is 0 Å². The predicted octanol–water partition coefficient (Wildman–Crippen LogP) is 4.24. The summed E-state index contributed by atoms with van der Waals surface area (Å²) in [5, 5.41) is 0. The molecule has 0 aromatic heterocycles. The summed E-state index contributed by atoms with van der Waals surface area (Å²) in [6, 6.07) is 5.37. The molecule has 0 aliphatic rings. The van der Waals surface area contributed by atoms with Gasteiger partial charge in [0, 0.05) is 22.3 Å². The van der Waals surface area contributed by atoms with Crippen molar-refractivity contribution in [1.82, 2.24) is 0 Å². The first kappa shape index (κ1) is 15.5. The molecule has 18 heavy (non-hydrogen) atoms. The van der Waals surface area contributed by atoms with Crippen molar-refractivity contribution in [2.45, 2.75) is 51.0 Å². The summed E-state index contributed by atoms with van der Waals surface area (Å²) in [5.74, 6) is 1.58. The van der Waals surface area contributed by atoms with Gasteiger partial charge in [-0.1, -0.05) is 33.3 Å². The zero-order valence-corrected chi connectivity index (χ0v) is 12.4. The second-order valence-electron chi connectivity index (χ2n) is 4.91. The van der Waals surface area contributed by atoms with Gasteiger partial charge >= 0.3 is 0 Å². The molecule has 0 aliphatic heterocycles. The lowest BCUT2D eigenvalue weighted by Gasteiger charge is -2.15. The molecule has 1 aromatic carbocycles. The predicted molar refractivity (Wildman–Crippen MR) is 78.5 cm³/mol. The fourth-order valence-corrected chi connectivity index (χ4v) is 2.86. The molecular weight excluding hydrogens is 245 g/mol. The first-order valence-corrected chi connectivity index (χ1v) is 7.72. The van der Waals surface area contributed by atoms with Crippen molar-refractivity contribution >= 4 is 11.8 Å². The van der Waals surface area contributed by atoms with Crippen LogP contribution in [0.1, 0.15) is 39.2 Å². The molecule has 1 nitrogen and oxygen atoms in total. The maximum atomic E-state index is 13.9. The Labute approximate surface area is 114 Å². The van der Waals surface area contributed by atoms with E-state index < -0.39 is 0 Å². The minimum absolute atomic E-state index is 0.0462. The Morgan fingerprint density at radius 1 is 1.28 bits per heavy atom. The van der Waals surface area contributed by atoms with Crippen molar-refractivity contribution in [3.05, 3.63) is 29.6 Å². The van der Waals surface area contributed by atoms with Gasteiger partial charge in [-0.2, -0.15) is 0 Å². The van der Waals surface area contributed by atoms with Crippen LogP contribution in [0.15, 0.2) is 23.1 Å². The molecule has 0 saturated heterocycles. The van der Waals surface area contributed by atoms with E-state index in [-0.39, 0.29) is 11.9 Å². The van der Waals surface area contributed by atoms with Gasteiger partial charge in [-0.05, 0) is 30.9 Å². The summed E-state index contributed by atoms with van der Waals surface area (Å²) in [4.78, 5) is 1.05. The van der Waals surface area contributed by atoms with Crippen LogP contribution in [0.5, 0.6) is 0 Å². The van der Waals surface area contributed by atoms with Gasteiger partial charge in [0.2, 0.25) is 0 Å². The smallest absolute Gasteiger partial charge is 0.127 e. The highest BCUT2D eigenvalue weighted by Crippen LogP contribution is 2.28. The van der Waals surface area contributed by atoms with Gasteiger partial charge in [0.05, 0.1) is 0 Å². The first-order valence-electron chi connectivity index (χ1n) is 6.74. The topological polar surface area (TPSA) is 26.0 Å². The molecular formula is C15H24FNS. The lowest BCUT2D eigenvalue weighted by molar-refractivity contribution is 0.571. The number of benzene rings is 1. The minimum atomic E-state index is -0.118. The normalized spacial score (nSPS) is 14.5. The average Bonchev–Trinajstić information content (AvgIpc) is 2.38. The molecule has 0 radical (unpaired) electrons. The molecule has 1 aromatic rings. The van der Waals surface area contributed by atoms with Crippen LogP contribution in [0.3, 0.4) is 0 Å². The molecule has 1 rings (SSSR count). The Morgan fingerprint density at radius 3 is 2.61 bits per heavy atom. The molecule has 102 valence electrons. The first-order chi connectivity index (χ1) is 8.58. The molecule has 2 N–H and O–H groups in total. The van der Waals surface area contributed by atoms with Gasteiger partial charge in [0.15, 0.2) is 0 Å². The number of thioether (sulfide) groups is 1. The minimum Gasteiger partial charge on any atom is -0.327 e. The molecule has 0 aliphatic carbocycles. The zero-order valence-electron chi connectivity index (χ0n) is 11.6. The summed E-state index contributed by atoms with van der Waals surface area (Å²) in [6.07, 6.45) is 2.67. The second kappa shape index (κ2) is 7.80. The highest BCUT2D eigenvalue weighted by molar-refractivity contribution is 7.99. The van der Waals surface area contributed by atoms with Crippen molar-refractivity contribution in [3.63, 3.8) is 0 Å². The van der Waals surface area contributed by atoms with Crippen LogP contribution in [0, 0.1) is 11.7 Å². The van der Waals surface area contributed by atoms with E-state index in [0.29, 0.717) is 12.3 Å². The maximum absolute atomic E-state index is 13.9. The largest absolute Gasteiger partial charge is 0.327 e. The molecule has 2 atom stereocenters. The van der Waals surface area contributed by atoms with Crippen LogP contribution < -0.4 is 5.73 Å². The van der Waals surface area contributed by atoms with Crippen LogP contribution in [-0.4, -0.2) is 11.8 Å². The molecule has 3 heteroatoms. The summed E-state index contributed by atoms with van der Waals surface area (Å²) in [6.45, 7) is 6.45. The van der Waals surface area contributed by atoms with E-state index in [1.165, 1.54) is 6.07 Å². The van der Waals surface area contributed by atoms with Gasteiger partial charge in [0.25, 0.3) is 0 Å². The van der Waals surface area contributed by atoms with Crippen LogP contribution >= 0.6 is 11.8 Å². The Kier molecular flexibility index (Phi) is 6.72. The van der Waals surface area contributed by atoms with Crippen molar-refractivity contribution < 1.29 is 4.39 Å². The van der Waals surface area contributed by atoms with E-state index in [1.54, 1.807) is 17.8 Å². The van der Waals surface area contributed by atoms with E-state index in [0.717, 1.165) is 29.1 Å². The van der Waals surface area contributed by atoms with Crippen LogP contribution in [0.2, 0.25) is 0 Å². The zero-order chi connectivity index (χ0) is 13.5. The van der Waals surface area contributed by atoms with E-state index in [4.69, 9.17) is 5.73 Å². The molecule has 0 heterocycles. The molecule has 0 saturated carbocycles. The molecule has 0 amide bonds. The number of hydrogen-bond donors (Lipinski definition) is 1. The Hall–Kier alpha value is -0.540. The molecule has 0 bridgehead atoms. The lowest BCUT2D eigenvalue weighted by Crippen LogP contribution is -2.22. The fourth-order valence-electron chi connectivity index (χ4n) is 1.63. The lowest BCUT2D eigenvalue weighted by atomic mass is 10.0. The highest BCUT2D eigenvalue weighted by atomic mass is 32.2. The Bertz CT molecular complexity index is 368. The molecule has 2 unspecified atom stereocenters. The van der Waals surface area contributed by atoms with Crippen LogP contribution in [-0.2, 0) is 6.42 Å². The molecule has 0 spiro atoms. The third-order valence-corrected chi connectivity index (χ3v) is 4.72. The number of nitrogens with two attached hydrogens (primary N) is 1. The third kappa shape index (κ3) is 4.62. The van der Waals surface area contributed by atoms with Gasteiger partial charge in [-0.3, -0.25) is 0 Å². The highest BCUT2D eigenvalue weighted by Gasteiger charge is 2.12. The van der Waals surface area contributed by atoms with E-state index in [2.05, 4.69) is 13.8 Å². The van der Waals surface area contributed by atoms with E-state index in [1.807, 2.05) is 13.0 Å². The maximum Gasteiger partial charge on any atom is 0.127 e. The van der Waals surface area contributed by atoms with Crippen molar-refractivity contribution in [3.8, 4) is 0 Å². The van der Waals surface area contributed by atoms with E-state index >= 15 is 0 Å². The number of rotatable bonds is 7. The summed E-state index contributed by atoms with van der Waals surface area (Å²) < 4.78 is 13.9. The summed E-state index contributed by atoms with van der Waals surface area (Å²) in [5.41, 5.74) is 6.74. The van der Waals surface area contributed by atoms with Gasteiger partial charge in [-0.25, -0.2) is 4.39 Å². The number of halogens is 1. The van der Waals surface area contributed by atoms with E-state index in [9.17, 15) is 4.39 Å². The van der Waals surface area contributed by atoms with Gasteiger partial charge < -0.3 is 5.73 Å². The van der Waals surface area contributed by atoms with Crippen molar-refractivity contribution in [1.29, 1.82) is 0 Å². The summed E-state index contributed by atoms with van der Waals surface area (Å²) in [7, 11) is 0. The summed E-state index contributed by atoms with van der Waals surface area (Å²) >= 11 is 1.75. The van der Waals surface area contributed by atoms with Gasteiger partial charge in [-0.15, -0.1) is 11.8 Å². The second-order valence-corrected chi connectivity index (χ2v) is 5.98. The SMILES string of the molecule is CCC(C)CSc1cccc(F)c1CC(N)CC. The van der Waals surface area contributed by atoms with Crippen molar-refractivity contribution in [2.24, 2.45) is 11.7 Å². The average molecular weight is 269 g/mol. The van der Waals surface area contributed by atoms with Crippen LogP contribution in [0.4, 0.5) is 4.39 Å². The Morgan fingerprint density at radius 2 is 2.00 bits per heavy atom. The number of hydrogen-bond acceptors (Lipinski definition) is 2. The monoisotopic (exact) mass is 269 g/mol. The standard InChI is InChI=1S/C15H24FNS/c1-4-11(3)10-18-15-8-6-7-14(16)13(15)9-12(17)5-2/h6-8,11-12H,4-5,9-10,17H2,1-3H3. The third-order valence-electron chi connectivity index (χ3n) is 3.29.